The van der Waals surface area contributed by atoms with Crippen LogP contribution in [0.15, 0.2) is 119 Å². The van der Waals surface area contributed by atoms with E-state index in [1.807, 2.05) is 0 Å². The number of halogens is 2. The number of anilines is 4. The zero-order valence-corrected chi connectivity index (χ0v) is 44.7. The Bertz CT molecular complexity index is 1980. The van der Waals surface area contributed by atoms with E-state index in [-0.39, 0.29) is 0 Å². The molecule has 63 heavy (non-hydrogen) atoms. The molecule has 0 aliphatic carbocycles. The van der Waals surface area contributed by atoms with Crippen molar-refractivity contribution in [2.75, 3.05) is 19.6 Å². The summed E-state index contributed by atoms with van der Waals surface area (Å²) in [5.41, 5.74) is 15.3. The molecule has 0 bridgehead atoms. The van der Waals surface area contributed by atoms with Crippen molar-refractivity contribution in [1.29, 1.82) is 0 Å². The predicted molar refractivity (Wildman–Crippen MR) is 280 cm³/mol. The Hall–Kier alpha value is -3.84. The Kier molecular flexibility index (Phi) is 15.2. The zero-order chi connectivity index (χ0) is 46.2. The summed E-state index contributed by atoms with van der Waals surface area (Å²) in [7, 11) is 16.3. The van der Waals surface area contributed by atoms with Crippen LogP contribution in [0.4, 0.5) is 22.7 Å². The van der Waals surface area contributed by atoms with Crippen LogP contribution < -0.4 is 19.6 Å². The average molecular weight is 947 g/mol. The van der Waals surface area contributed by atoms with E-state index in [0.717, 1.165) is 11.6 Å². The Labute approximate surface area is 393 Å². The first-order chi connectivity index (χ1) is 29.7. The monoisotopic (exact) mass is 946 g/mol. The molecule has 0 radical (unpaired) electrons. The topological polar surface area (TPSA) is 13.0 Å². The van der Waals surface area contributed by atoms with Crippen LogP contribution in [-0.4, -0.2) is 11.4 Å². The van der Waals surface area contributed by atoms with E-state index in [1.165, 1.54) is 67.3 Å². The van der Waals surface area contributed by atoms with Gasteiger partial charge in [0.1, 0.15) is 0 Å². The van der Waals surface area contributed by atoms with E-state index >= 15 is 0 Å². The van der Waals surface area contributed by atoms with E-state index < -0.39 is 11.4 Å². The van der Waals surface area contributed by atoms with E-state index in [0.29, 0.717) is 47.3 Å². The fraction of sp³-hybridized carbons (Fsp3) is 0.429. The fourth-order valence-electron chi connectivity index (χ4n) is 9.38. The van der Waals surface area contributed by atoms with Crippen LogP contribution in [-0.2, 0) is 0 Å². The molecule has 0 N–H and O–H groups in total. The number of hydrogen-bond acceptors (Lipinski definition) is 4. The first-order valence-electron chi connectivity index (χ1n) is 23.5. The Morgan fingerprint density at radius 2 is 0.476 bits per heavy atom. The molecular formula is C56H74Cl2GeN4. The molecule has 0 amide bonds. The SMILES string of the molecule is CC(C)c1cccc(C(C)C)c1N1C=CN(c2c(C(C)C)cccc2C(C)C)C1=[CH][Ge]([Cl])([Cl])[CH]=C1N(c2c(C(C)C)cccc2C(C)C)C=CN1c1c(C(C)C)cccc1C(C)C. The van der Waals surface area contributed by atoms with Crippen LogP contribution in [0.2, 0.25) is 0 Å². The predicted octanol–water partition coefficient (Wildman–Crippen LogP) is 17.7. The number of hydrogen-bond donors (Lipinski definition) is 0. The second-order valence-corrected chi connectivity index (χ2v) is 31.7. The van der Waals surface area contributed by atoms with Crippen LogP contribution in [0, 0.1) is 0 Å². The minimum absolute atomic E-state index is 0.302. The summed E-state index contributed by atoms with van der Waals surface area (Å²) >= 11 is -4.23. The van der Waals surface area contributed by atoms with E-state index in [9.17, 15) is 0 Å². The van der Waals surface area contributed by atoms with Gasteiger partial charge in [0.05, 0.1) is 0 Å². The van der Waals surface area contributed by atoms with Crippen molar-refractivity contribution in [2.24, 2.45) is 0 Å². The van der Waals surface area contributed by atoms with E-state index in [4.69, 9.17) is 20.0 Å². The Morgan fingerprint density at radius 3 is 0.619 bits per heavy atom. The van der Waals surface area contributed by atoms with Gasteiger partial charge in [0, 0.05) is 0 Å². The van der Waals surface area contributed by atoms with Crippen LogP contribution >= 0.6 is 20.0 Å². The van der Waals surface area contributed by atoms with Crippen molar-refractivity contribution >= 4 is 54.2 Å². The van der Waals surface area contributed by atoms with Gasteiger partial charge in [-0.15, -0.1) is 0 Å². The summed E-state index contributed by atoms with van der Waals surface area (Å²) in [5.74, 6) is 4.39. The van der Waals surface area contributed by atoms with Crippen molar-refractivity contribution in [3.05, 3.63) is 164 Å². The summed E-state index contributed by atoms with van der Waals surface area (Å²) in [4.78, 5) is 14.1. The molecule has 0 unspecified atom stereocenters. The first-order valence-corrected chi connectivity index (χ1v) is 31.5. The van der Waals surface area contributed by atoms with E-state index in [2.05, 4.69) is 238 Å². The van der Waals surface area contributed by atoms with Gasteiger partial charge in [-0.3, -0.25) is 0 Å². The molecule has 336 valence electrons. The van der Waals surface area contributed by atoms with Gasteiger partial charge in [-0.1, -0.05) is 0 Å². The van der Waals surface area contributed by atoms with Crippen molar-refractivity contribution in [2.45, 2.75) is 158 Å². The first kappa shape index (κ1) is 48.6. The van der Waals surface area contributed by atoms with E-state index in [1.54, 1.807) is 0 Å². The molecule has 7 heteroatoms. The standard InChI is InChI=1S/C56H74Cl2GeN4/c1-35(2)43-21-17-22-44(36(3)4)53(43)60-29-30-61(54-45(37(5)6)23-18-24-46(54)38(7)8)51(60)33-59(57,58)34-52-62(55-47(39(9)10)25-19-26-48(55)40(11)12)31-32-63(52)56-49(41(13)14)27-20-28-50(56)42(15)16/h17-42H,1-16H3. The average Bonchev–Trinajstić information content (AvgIpc) is 3.81. The van der Waals surface area contributed by atoms with Crippen molar-refractivity contribution in [1.82, 2.24) is 0 Å². The van der Waals surface area contributed by atoms with Gasteiger partial charge in [-0.2, -0.15) is 0 Å². The second-order valence-electron chi connectivity index (χ2n) is 20.1. The second kappa shape index (κ2) is 19.7. The van der Waals surface area contributed by atoms with Gasteiger partial charge in [0.15, 0.2) is 0 Å². The summed E-state index contributed by atoms with van der Waals surface area (Å²) in [6.07, 6.45) is 8.99. The maximum absolute atomic E-state index is 8.16. The van der Waals surface area contributed by atoms with Gasteiger partial charge < -0.3 is 0 Å². The van der Waals surface area contributed by atoms with Crippen LogP contribution in [0.1, 0.15) is 203 Å². The third-order valence-corrected chi connectivity index (χ3v) is 17.7. The van der Waals surface area contributed by atoms with Gasteiger partial charge in [0.2, 0.25) is 0 Å². The molecule has 4 aromatic rings. The van der Waals surface area contributed by atoms with Crippen LogP contribution in [0.5, 0.6) is 0 Å². The normalized spacial score (nSPS) is 14.7. The molecule has 2 aliphatic rings. The Balaban J connectivity index is 1.70. The number of benzene rings is 4. The summed E-state index contributed by atoms with van der Waals surface area (Å²) < 4.78 is 0. The summed E-state index contributed by atoms with van der Waals surface area (Å²) in [6.45, 7) is 36.7. The summed E-state index contributed by atoms with van der Waals surface area (Å²) in [6, 6.07) is 27.2. The van der Waals surface area contributed by atoms with Gasteiger partial charge >= 0.3 is 395 Å². The van der Waals surface area contributed by atoms with Crippen molar-refractivity contribution in [3.8, 4) is 0 Å². The molecule has 4 aromatic carbocycles. The minimum atomic E-state index is -4.23. The molecule has 0 spiro atoms. The molecule has 2 aliphatic heterocycles. The third-order valence-electron chi connectivity index (χ3n) is 12.7. The number of nitrogens with zero attached hydrogens (tertiary/aromatic N) is 4. The number of para-hydroxylation sites is 4. The molecule has 4 nitrogen and oxygen atoms in total. The van der Waals surface area contributed by atoms with Crippen molar-refractivity contribution in [3.63, 3.8) is 0 Å². The molecule has 0 aromatic heterocycles. The zero-order valence-electron chi connectivity index (χ0n) is 41.1. The molecular weight excluding hydrogens is 872 g/mol. The third kappa shape index (κ3) is 9.90. The molecule has 0 atom stereocenters. The van der Waals surface area contributed by atoms with Gasteiger partial charge in [-0.25, -0.2) is 0 Å². The quantitative estimate of drug-likeness (QED) is 0.117. The maximum atomic E-state index is 8.16. The van der Waals surface area contributed by atoms with Crippen molar-refractivity contribution < 1.29 is 0 Å². The number of rotatable bonds is 14. The fourth-order valence-corrected chi connectivity index (χ4v) is 14.2. The molecule has 6 rings (SSSR count). The van der Waals surface area contributed by atoms with Gasteiger partial charge in [-0.05, 0) is 0 Å². The molecule has 0 fully saturated rings. The van der Waals surface area contributed by atoms with Crippen LogP contribution in [0.3, 0.4) is 0 Å². The molecule has 0 saturated carbocycles. The molecule has 2 heterocycles. The molecule has 0 saturated heterocycles. The Morgan fingerprint density at radius 1 is 0.317 bits per heavy atom. The summed E-state index contributed by atoms with van der Waals surface area (Å²) in [5, 5.41) is 0. The van der Waals surface area contributed by atoms with Gasteiger partial charge in [0.25, 0.3) is 0 Å². The van der Waals surface area contributed by atoms with Crippen LogP contribution in [0.25, 0.3) is 0 Å².